The number of halogens is 1. The highest BCUT2D eigenvalue weighted by atomic mass is 19.1. The van der Waals surface area contributed by atoms with Crippen LogP contribution in [0.3, 0.4) is 0 Å². The lowest BCUT2D eigenvalue weighted by atomic mass is 9.87. The van der Waals surface area contributed by atoms with Crippen LogP contribution in [0.1, 0.15) is 31.9 Å². The van der Waals surface area contributed by atoms with Crippen molar-refractivity contribution < 1.29 is 13.7 Å². The second kappa shape index (κ2) is 8.11. The molecular formula is C25H23FN2O2. The average Bonchev–Trinajstić information content (AvgIpc) is 3.23. The van der Waals surface area contributed by atoms with Gasteiger partial charge in [0.1, 0.15) is 18.2 Å². The van der Waals surface area contributed by atoms with E-state index in [4.69, 9.17) is 9.26 Å². The monoisotopic (exact) mass is 402 g/mol. The van der Waals surface area contributed by atoms with Crippen molar-refractivity contribution in [2.24, 2.45) is 0 Å². The maximum absolute atomic E-state index is 13.1. The molecular weight excluding hydrogens is 379 g/mol. The van der Waals surface area contributed by atoms with Gasteiger partial charge in [0.05, 0.1) is 0 Å². The molecule has 152 valence electrons. The summed E-state index contributed by atoms with van der Waals surface area (Å²) in [6, 6.07) is 22.0. The number of hydrogen-bond donors (Lipinski definition) is 0. The zero-order chi connectivity index (χ0) is 21.1. The van der Waals surface area contributed by atoms with Gasteiger partial charge in [0.25, 0.3) is 5.89 Å². The van der Waals surface area contributed by atoms with Crippen molar-refractivity contribution >= 4 is 0 Å². The summed E-state index contributed by atoms with van der Waals surface area (Å²) in [7, 11) is 0. The van der Waals surface area contributed by atoms with Crippen molar-refractivity contribution in [1.29, 1.82) is 0 Å². The number of ether oxygens (including phenoxy) is 1. The van der Waals surface area contributed by atoms with E-state index in [-0.39, 0.29) is 11.2 Å². The number of nitrogens with zero attached hydrogens (tertiary/aromatic N) is 2. The minimum Gasteiger partial charge on any atom is -0.489 e. The molecule has 0 fully saturated rings. The highest BCUT2D eigenvalue weighted by Crippen LogP contribution is 2.26. The van der Waals surface area contributed by atoms with E-state index < -0.39 is 0 Å². The van der Waals surface area contributed by atoms with Crippen LogP contribution in [0.25, 0.3) is 22.8 Å². The van der Waals surface area contributed by atoms with E-state index in [1.54, 1.807) is 12.1 Å². The zero-order valence-electron chi connectivity index (χ0n) is 17.2. The number of aromatic nitrogens is 2. The molecule has 30 heavy (non-hydrogen) atoms. The van der Waals surface area contributed by atoms with E-state index in [1.165, 1.54) is 17.7 Å². The molecule has 0 amide bonds. The standard InChI is InChI=1S/C25H23FN2O2/c1-25(2,3)20-9-13-22(14-10-20)29-16-17-5-4-6-19(15-17)24-27-23(28-30-24)18-7-11-21(26)12-8-18/h4-15H,16H2,1-3H3. The summed E-state index contributed by atoms with van der Waals surface area (Å²) in [4.78, 5) is 4.43. The van der Waals surface area contributed by atoms with Crippen LogP contribution in [0.4, 0.5) is 4.39 Å². The van der Waals surface area contributed by atoms with Crippen molar-refractivity contribution in [2.45, 2.75) is 32.8 Å². The Kier molecular flexibility index (Phi) is 5.36. The Morgan fingerprint density at radius 2 is 1.63 bits per heavy atom. The molecule has 0 saturated heterocycles. The molecule has 4 aromatic rings. The maximum atomic E-state index is 13.1. The second-order valence-corrected chi connectivity index (χ2v) is 8.19. The lowest BCUT2D eigenvalue weighted by Crippen LogP contribution is -2.10. The molecule has 0 saturated carbocycles. The van der Waals surface area contributed by atoms with Gasteiger partial charge in [0.2, 0.25) is 5.82 Å². The van der Waals surface area contributed by atoms with Gasteiger partial charge in [-0.15, -0.1) is 0 Å². The lowest BCUT2D eigenvalue weighted by molar-refractivity contribution is 0.306. The van der Waals surface area contributed by atoms with E-state index in [0.29, 0.717) is 23.9 Å². The number of rotatable bonds is 5. The van der Waals surface area contributed by atoms with Crippen LogP contribution >= 0.6 is 0 Å². The molecule has 3 aromatic carbocycles. The van der Waals surface area contributed by atoms with Gasteiger partial charge >= 0.3 is 0 Å². The van der Waals surface area contributed by atoms with Crippen molar-refractivity contribution in [3.8, 4) is 28.6 Å². The molecule has 4 nitrogen and oxygen atoms in total. The van der Waals surface area contributed by atoms with Gasteiger partial charge in [-0.3, -0.25) is 0 Å². The van der Waals surface area contributed by atoms with E-state index in [0.717, 1.165) is 16.9 Å². The fraction of sp³-hybridized carbons (Fsp3) is 0.200. The third-order valence-electron chi connectivity index (χ3n) is 4.83. The molecule has 0 atom stereocenters. The maximum Gasteiger partial charge on any atom is 0.258 e. The molecule has 5 heteroatoms. The normalized spacial score (nSPS) is 11.5. The first kappa shape index (κ1) is 19.8. The highest BCUT2D eigenvalue weighted by molar-refractivity contribution is 5.60. The van der Waals surface area contributed by atoms with Crippen LogP contribution in [-0.4, -0.2) is 10.1 Å². The van der Waals surface area contributed by atoms with Gasteiger partial charge < -0.3 is 9.26 Å². The molecule has 0 radical (unpaired) electrons. The molecule has 0 spiro atoms. The summed E-state index contributed by atoms with van der Waals surface area (Å²) in [6.07, 6.45) is 0. The predicted molar refractivity (Wildman–Crippen MR) is 115 cm³/mol. The Bertz CT molecular complexity index is 1130. The van der Waals surface area contributed by atoms with Crippen molar-refractivity contribution in [3.05, 3.63) is 89.7 Å². The largest absolute Gasteiger partial charge is 0.489 e. The Balaban J connectivity index is 1.46. The summed E-state index contributed by atoms with van der Waals surface area (Å²) < 4.78 is 24.4. The molecule has 0 unspecified atom stereocenters. The van der Waals surface area contributed by atoms with E-state index in [2.05, 4.69) is 43.0 Å². The zero-order valence-corrected chi connectivity index (χ0v) is 17.2. The van der Waals surface area contributed by atoms with Crippen LogP contribution in [0.5, 0.6) is 5.75 Å². The minimum atomic E-state index is -0.303. The topological polar surface area (TPSA) is 48.2 Å². The van der Waals surface area contributed by atoms with Gasteiger partial charge in [-0.1, -0.05) is 50.2 Å². The van der Waals surface area contributed by atoms with Crippen LogP contribution in [0, 0.1) is 5.82 Å². The second-order valence-electron chi connectivity index (χ2n) is 8.19. The summed E-state index contributed by atoms with van der Waals surface area (Å²) in [6.45, 7) is 7.00. The van der Waals surface area contributed by atoms with Crippen molar-refractivity contribution in [3.63, 3.8) is 0 Å². The first-order valence-corrected chi connectivity index (χ1v) is 9.81. The highest BCUT2D eigenvalue weighted by Gasteiger charge is 2.13. The summed E-state index contributed by atoms with van der Waals surface area (Å²) >= 11 is 0. The molecule has 0 bridgehead atoms. The molecule has 0 aliphatic carbocycles. The van der Waals surface area contributed by atoms with Crippen LogP contribution in [0.2, 0.25) is 0 Å². The first-order chi connectivity index (χ1) is 14.4. The van der Waals surface area contributed by atoms with E-state index in [1.807, 2.05) is 36.4 Å². The predicted octanol–water partition coefficient (Wildman–Crippen LogP) is 6.42. The van der Waals surface area contributed by atoms with Crippen LogP contribution in [0.15, 0.2) is 77.3 Å². The molecule has 1 aromatic heterocycles. The van der Waals surface area contributed by atoms with Gasteiger partial charge in [0.15, 0.2) is 0 Å². The minimum absolute atomic E-state index is 0.115. The summed E-state index contributed by atoms with van der Waals surface area (Å²) in [5.41, 5.74) is 3.88. The smallest absolute Gasteiger partial charge is 0.258 e. The third-order valence-corrected chi connectivity index (χ3v) is 4.83. The lowest BCUT2D eigenvalue weighted by Gasteiger charge is -2.19. The first-order valence-electron chi connectivity index (χ1n) is 9.81. The molecule has 0 N–H and O–H groups in total. The SMILES string of the molecule is CC(C)(C)c1ccc(OCc2cccc(-c3nc(-c4ccc(F)cc4)no3)c2)cc1. The number of benzene rings is 3. The Labute approximate surface area is 175 Å². The summed E-state index contributed by atoms with van der Waals surface area (Å²) in [5, 5.41) is 4.00. The molecule has 0 aliphatic heterocycles. The van der Waals surface area contributed by atoms with E-state index >= 15 is 0 Å². The van der Waals surface area contributed by atoms with E-state index in [9.17, 15) is 4.39 Å². The third kappa shape index (κ3) is 4.57. The van der Waals surface area contributed by atoms with Gasteiger partial charge in [-0.25, -0.2) is 4.39 Å². The van der Waals surface area contributed by atoms with Gasteiger partial charge in [-0.2, -0.15) is 4.98 Å². The average molecular weight is 402 g/mol. The summed E-state index contributed by atoms with van der Waals surface area (Å²) in [5.74, 6) is 1.35. The Morgan fingerprint density at radius 3 is 2.33 bits per heavy atom. The molecule has 1 heterocycles. The molecule has 0 aliphatic rings. The van der Waals surface area contributed by atoms with Crippen molar-refractivity contribution in [1.82, 2.24) is 10.1 Å². The van der Waals surface area contributed by atoms with Crippen molar-refractivity contribution in [2.75, 3.05) is 0 Å². The quantitative estimate of drug-likeness (QED) is 0.386. The Morgan fingerprint density at radius 1 is 0.900 bits per heavy atom. The van der Waals surface area contributed by atoms with Gasteiger partial charge in [0, 0.05) is 11.1 Å². The Hall–Kier alpha value is -3.47. The fourth-order valence-electron chi connectivity index (χ4n) is 3.07. The van der Waals surface area contributed by atoms with Gasteiger partial charge in [-0.05, 0) is 65.1 Å². The number of hydrogen-bond acceptors (Lipinski definition) is 4. The fourth-order valence-corrected chi connectivity index (χ4v) is 3.07. The van der Waals surface area contributed by atoms with Crippen LogP contribution in [-0.2, 0) is 12.0 Å². The van der Waals surface area contributed by atoms with Crippen LogP contribution < -0.4 is 4.74 Å². The molecule has 4 rings (SSSR count).